The quantitative estimate of drug-likeness (QED) is 0.751. The van der Waals surface area contributed by atoms with E-state index < -0.39 is 6.10 Å². The molecule has 0 bridgehead atoms. The maximum atomic E-state index is 9.54. The summed E-state index contributed by atoms with van der Waals surface area (Å²) in [6.45, 7) is 3.78. The van der Waals surface area contributed by atoms with E-state index in [9.17, 15) is 10.2 Å². The molecule has 1 rings (SSSR count). The van der Waals surface area contributed by atoms with Crippen LogP contribution in [0.3, 0.4) is 0 Å². The van der Waals surface area contributed by atoms with Crippen LogP contribution in [0.25, 0.3) is 0 Å². The van der Waals surface area contributed by atoms with Crippen LogP contribution in [0.2, 0.25) is 0 Å². The van der Waals surface area contributed by atoms with Crippen molar-refractivity contribution in [2.75, 3.05) is 0 Å². The zero-order chi connectivity index (χ0) is 10.7. The predicted molar refractivity (Wildman–Crippen MR) is 52.8 cm³/mol. The maximum absolute atomic E-state index is 9.54. The van der Waals surface area contributed by atoms with Crippen molar-refractivity contribution < 1.29 is 10.2 Å². The first-order valence-corrected chi connectivity index (χ1v) is 4.41. The first kappa shape index (κ1) is 10.6. The fraction of sp³-hybridized carbons (Fsp3) is 0.364. The Balaban J connectivity index is 3.10. The highest BCUT2D eigenvalue weighted by atomic mass is 16.3. The van der Waals surface area contributed by atoms with E-state index in [0.717, 1.165) is 11.1 Å². The van der Waals surface area contributed by atoms with Gasteiger partial charge in [0.15, 0.2) is 0 Å². The van der Waals surface area contributed by atoms with E-state index in [4.69, 9.17) is 5.26 Å². The molecule has 0 aliphatic rings. The summed E-state index contributed by atoms with van der Waals surface area (Å²) in [5, 5.41) is 27.5. The third-order valence-corrected chi connectivity index (χ3v) is 2.29. The third-order valence-electron chi connectivity index (χ3n) is 2.29. The van der Waals surface area contributed by atoms with Crippen LogP contribution in [-0.2, 0) is 0 Å². The Hall–Kier alpha value is -1.53. The van der Waals surface area contributed by atoms with Gasteiger partial charge in [-0.05, 0) is 37.1 Å². The largest absolute Gasteiger partial charge is 0.508 e. The molecule has 2 N–H and O–H groups in total. The van der Waals surface area contributed by atoms with Crippen molar-refractivity contribution in [3.8, 4) is 11.8 Å². The third kappa shape index (κ3) is 2.04. The molecule has 0 fully saturated rings. The minimum absolute atomic E-state index is 0.00391. The summed E-state index contributed by atoms with van der Waals surface area (Å²) in [5.74, 6) is 0.0517. The molecular formula is C11H13NO2. The standard InChI is InChI=1S/C11H13NO2/c1-7-5-9(10(13)3-4-12)11(14)6-8(7)2/h5-6,10,13-14H,3H2,1-2H3. The van der Waals surface area contributed by atoms with Crippen LogP contribution in [-0.4, -0.2) is 10.2 Å². The number of nitrogens with zero attached hydrogens (tertiary/aromatic N) is 1. The summed E-state index contributed by atoms with van der Waals surface area (Å²) < 4.78 is 0. The van der Waals surface area contributed by atoms with Crippen LogP contribution in [0.1, 0.15) is 29.2 Å². The van der Waals surface area contributed by atoms with Gasteiger partial charge in [0.25, 0.3) is 0 Å². The molecule has 74 valence electrons. The Morgan fingerprint density at radius 3 is 2.50 bits per heavy atom. The second-order valence-electron chi connectivity index (χ2n) is 3.37. The van der Waals surface area contributed by atoms with Crippen LogP contribution in [0, 0.1) is 25.2 Å². The molecule has 1 aromatic rings. The van der Waals surface area contributed by atoms with Crippen LogP contribution < -0.4 is 0 Å². The number of aryl methyl sites for hydroxylation is 2. The second kappa shape index (κ2) is 4.12. The SMILES string of the molecule is Cc1cc(O)c(C(O)CC#N)cc1C. The highest BCUT2D eigenvalue weighted by Gasteiger charge is 2.12. The number of phenolic OH excluding ortho intramolecular Hbond substituents is 1. The molecule has 1 aromatic carbocycles. The van der Waals surface area contributed by atoms with Crippen molar-refractivity contribution in [2.24, 2.45) is 0 Å². The minimum Gasteiger partial charge on any atom is -0.508 e. The molecule has 1 atom stereocenters. The summed E-state index contributed by atoms with van der Waals surface area (Å²) >= 11 is 0. The van der Waals surface area contributed by atoms with E-state index in [1.165, 1.54) is 0 Å². The van der Waals surface area contributed by atoms with Crippen molar-refractivity contribution >= 4 is 0 Å². The normalized spacial score (nSPS) is 12.1. The zero-order valence-corrected chi connectivity index (χ0v) is 8.28. The first-order chi connectivity index (χ1) is 6.56. The average molecular weight is 191 g/mol. The average Bonchev–Trinajstić information content (AvgIpc) is 2.11. The Bertz CT molecular complexity index is 380. The van der Waals surface area contributed by atoms with Crippen molar-refractivity contribution in [1.29, 1.82) is 5.26 Å². The summed E-state index contributed by atoms with van der Waals surface area (Å²) in [6.07, 6.45) is -0.907. The summed E-state index contributed by atoms with van der Waals surface area (Å²) in [6, 6.07) is 5.18. The van der Waals surface area contributed by atoms with Crippen LogP contribution in [0.4, 0.5) is 0 Å². The molecule has 0 radical (unpaired) electrons. The summed E-state index contributed by atoms with van der Waals surface area (Å²) in [4.78, 5) is 0. The fourth-order valence-corrected chi connectivity index (χ4v) is 1.29. The number of aromatic hydroxyl groups is 1. The number of aliphatic hydroxyl groups is 1. The molecule has 0 amide bonds. The van der Waals surface area contributed by atoms with Gasteiger partial charge in [-0.3, -0.25) is 0 Å². The zero-order valence-electron chi connectivity index (χ0n) is 8.28. The van der Waals surface area contributed by atoms with Gasteiger partial charge >= 0.3 is 0 Å². The van der Waals surface area contributed by atoms with E-state index in [1.807, 2.05) is 19.9 Å². The van der Waals surface area contributed by atoms with Gasteiger partial charge in [0.1, 0.15) is 5.75 Å². The van der Waals surface area contributed by atoms with Crippen molar-refractivity contribution in [1.82, 2.24) is 0 Å². The van der Waals surface area contributed by atoms with Crippen LogP contribution in [0.5, 0.6) is 5.75 Å². The lowest BCUT2D eigenvalue weighted by atomic mass is 10.00. The molecule has 14 heavy (non-hydrogen) atoms. The number of aliphatic hydroxyl groups excluding tert-OH is 1. The van der Waals surface area contributed by atoms with Gasteiger partial charge in [0.2, 0.25) is 0 Å². The fourth-order valence-electron chi connectivity index (χ4n) is 1.29. The molecule has 0 aliphatic heterocycles. The number of benzene rings is 1. The van der Waals surface area contributed by atoms with Crippen molar-refractivity contribution in [2.45, 2.75) is 26.4 Å². The number of rotatable bonds is 2. The smallest absolute Gasteiger partial charge is 0.121 e. The Morgan fingerprint density at radius 1 is 1.36 bits per heavy atom. The topological polar surface area (TPSA) is 64.2 Å². The van der Waals surface area contributed by atoms with Gasteiger partial charge in [-0.15, -0.1) is 0 Å². The van der Waals surface area contributed by atoms with Crippen LogP contribution in [0.15, 0.2) is 12.1 Å². The highest BCUT2D eigenvalue weighted by molar-refractivity contribution is 5.42. The number of phenols is 1. The molecule has 3 nitrogen and oxygen atoms in total. The summed E-state index contributed by atoms with van der Waals surface area (Å²) in [7, 11) is 0. The molecule has 0 aromatic heterocycles. The first-order valence-electron chi connectivity index (χ1n) is 4.41. The Labute approximate surface area is 83.2 Å². The lowest BCUT2D eigenvalue weighted by Gasteiger charge is -2.11. The Morgan fingerprint density at radius 2 is 1.93 bits per heavy atom. The molecule has 0 heterocycles. The van der Waals surface area contributed by atoms with E-state index >= 15 is 0 Å². The molecule has 0 spiro atoms. The van der Waals surface area contributed by atoms with E-state index in [2.05, 4.69) is 0 Å². The van der Waals surface area contributed by atoms with Gasteiger partial charge in [-0.1, -0.05) is 0 Å². The second-order valence-corrected chi connectivity index (χ2v) is 3.37. The van der Waals surface area contributed by atoms with E-state index in [1.54, 1.807) is 12.1 Å². The number of hydrogen-bond donors (Lipinski definition) is 2. The maximum Gasteiger partial charge on any atom is 0.121 e. The molecule has 0 aliphatic carbocycles. The van der Waals surface area contributed by atoms with Crippen LogP contribution >= 0.6 is 0 Å². The number of nitriles is 1. The van der Waals surface area contributed by atoms with Crippen molar-refractivity contribution in [3.05, 3.63) is 28.8 Å². The number of hydrogen-bond acceptors (Lipinski definition) is 3. The molecular weight excluding hydrogens is 178 g/mol. The van der Waals surface area contributed by atoms with E-state index in [0.29, 0.717) is 5.56 Å². The lowest BCUT2D eigenvalue weighted by molar-refractivity contribution is 0.179. The minimum atomic E-state index is -0.903. The van der Waals surface area contributed by atoms with E-state index in [-0.39, 0.29) is 12.2 Å². The molecule has 3 heteroatoms. The monoisotopic (exact) mass is 191 g/mol. The Kier molecular flexibility index (Phi) is 3.10. The lowest BCUT2D eigenvalue weighted by Crippen LogP contribution is -1.98. The predicted octanol–water partition coefficient (Wildman–Crippen LogP) is 1.96. The molecule has 1 unspecified atom stereocenters. The highest BCUT2D eigenvalue weighted by Crippen LogP contribution is 2.28. The van der Waals surface area contributed by atoms with Gasteiger partial charge in [0.05, 0.1) is 18.6 Å². The van der Waals surface area contributed by atoms with Gasteiger partial charge < -0.3 is 10.2 Å². The van der Waals surface area contributed by atoms with Gasteiger partial charge in [0, 0.05) is 5.56 Å². The van der Waals surface area contributed by atoms with Gasteiger partial charge in [-0.25, -0.2) is 0 Å². The summed E-state index contributed by atoms with van der Waals surface area (Å²) in [5.41, 5.74) is 2.39. The van der Waals surface area contributed by atoms with Gasteiger partial charge in [-0.2, -0.15) is 5.26 Å². The van der Waals surface area contributed by atoms with Crippen molar-refractivity contribution in [3.63, 3.8) is 0 Å². The molecule has 0 saturated carbocycles. The molecule has 0 saturated heterocycles.